The van der Waals surface area contributed by atoms with Gasteiger partial charge in [0.05, 0.1) is 23.0 Å². The molecule has 0 spiro atoms. The number of hydrogen-bond donors (Lipinski definition) is 2. The van der Waals surface area contributed by atoms with Crippen molar-refractivity contribution < 1.29 is 13.2 Å². The highest BCUT2D eigenvalue weighted by atomic mass is 35.5. The molecule has 1 saturated heterocycles. The fraction of sp³-hybridized carbons (Fsp3) is 0.429. The first-order valence-corrected chi connectivity index (χ1v) is 8.53. The SMILES string of the molecule is NCC#Cc1cc(Cl)ccc1NS(=O)(=O)C1CCOCC1. The van der Waals surface area contributed by atoms with E-state index in [-0.39, 0.29) is 6.54 Å². The molecule has 21 heavy (non-hydrogen) atoms. The van der Waals surface area contributed by atoms with Gasteiger partial charge in [-0.3, -0.25) is 4.72 Å². The fourth-order valence-corrected chi connectivity index (χ4v) is 3.71. The van der Waals surface area contributed by atoms with Crippen molar-refractivity contribution in [2.75, 3.05) is 24.5 Å². The molecule has 0 atom stereocenters. The number of halogens is 1. The average molecular weight is 329 g/mol. The highest BCUT2D eigenvalue weighted by Gasteiger charge is 2.28. The third kappa shape index (κ3) is 4.35. The third-order valence-corrected chi connectivity index (χ3v) is 5.25. The molecule has 3 N–H and O–H groups in total. The number of nitrogens with two attached hydrogens (primary N) is 1. The van der Waals surface area contributed by atoms with Gasteiger partial charge in [-0.25, -0.2) is 8.42 Å². The van der Waals surface area contributed by atoms with Gasteiger partial charge in [-0.2, -0.15) is 0 Å². The van der Waals surface area contributed by atoms with Crippen LogP contribution in [0.3, 0.4) is 0 Å². The second-order valence-corrected chi connectivity index (χ2v) is 7.05. The summed E-state index contributed by atoms with van der Waals surface area (Å²) in [6, 6.07) is 4.85. The van der Waals surface area contributed by atoms with Crippen molar-refractivity contribution in [3.05, 3.63) is 28.8 Å². The zero-order valence-electron chi connectivity index (χ0n) is 11.4. The molecule has 1 aromatic rings. The van der Waals surface area contributed by atoms with E-state index in [1.54, 1.807) is 18.2 Å². The Kier molecular flexibility index (Phi) is 5.48. The maximum absolute atomic E-state index is 12.4. The van der Waals surface area contributed by atoms with Gasteiger partial charge < -0.3 is 10.5 Å². The van der Waals surface area contributed by atoms with E-state index >= 15 is 0 Å². The number of anilines is 1. The largest absolute Gasteiger partial charge is 0.381 e. The lowest BCUT2D eigenvalue weighted by molar-refractivity contribution is 0.0984. The zero-order chi connectivity index (χ0) is 15.3. The van der Waals surface area contributed by atoms with Crippen LogP contribution in [-0.4, -0.2) is 33.4 Å². The molecule has 0 radical (unpaired) electrons. The molecule has 0 unspecified atom stereocenters. The lowest BCUT2D eigenvalue weighted by Crippen LogP contribution is -2.33. The Morgan fingerprint density at radius 3 is 2.76 bits per heavy atom. The lowest BCUT2D eigenvalue weighted by Gasteiger charge is -2.23. The fourth-order valence-electron chi connectivity index (χ4n) is 2.08. The molecule has 1 aliphatic heterocycles. The summed E-state index contributed by atoms with van der Waals surface area (Å²) < 4.78 is 32.6. The minimum atomic E-state index is -3.47. The molecule has 7 heteroatoms. The Labute approximate surface area is 129 Å². The van der Waals surface area contributed by atoms with E-state index < -0.39 is 15.3 Å². The van der Waals surface area contributed by atoms with Crippen LogP contribution < -0.4 is 10.5 Å². The molecule has 0 amide bonds. The Bertz CT molecular complexity index is 659. The Balaban J connectivity index is 2.25. The number of benzene rings is 1. The molecule has 0 saturated carbocycles. The molecular formula is C14H17ClN2O3S. The van der Waals surface area contributed by atoms with Crippen LogP contribution in [0.4, 0.5) is 5.69 Å². The summed E-state index contributed by atoms with van der Waals surface area (Å²) in [4.78, 5) is 0. The smallest absolute Gasteiger partial charge is 0.235 e. The van der Waals surface area contributed by atoms with Crippen molar-refractivity contribution in [3.8, 4) is 11.8 Å². The molecule has 0 aliphatic carbocycles. The first kappa shape index (κ1) is 16.1. The van der Waals surface area contributed by atoms with Crippen LogP contribution in [-0.2, 0) is 14.8 Å². The van der Waals surface area contributed by atoms with Gasteiger partial charge in [0.2, 0.25) is 10.0 Å². The number of hydrogen-bond acceptors (Lipinski definition) is 4. The molecule has 1 heterocycles. The number of ether oxygens (including phenoxy) is 1. The predicted octanol–water partition coefficient (Wildman–Crippen LogP) is 1.57. The van der Waals surface area contributed by atoms with E-state index in [1.807, 2.05) is 0 Å². The number of rotatable bonds is 3. The van der Waals surface area contributed by atoms with Crippen LogP contribution in [0.25, 0.3) is 0 Å². The number of sulfonamides is 1. The minimum absolute atomic E-state index is 0.193. The Morgan fingerprint density at radius 1 is 1.38 bits per heavy atom. The normalized spacial score (nSPS) is 16.1. The van der Waals surface area contributed by atoms with Gasteiger partial charge in [-0.05, 0) is 31.0 Å². The number of nitrogens with one attached hydrogen (secondary N) is 1. The van der Waals surface area contributed by atoms with Crippen molar-refractivity contribution in [3.63, 3.8) is 0 Å². The topological polar surface area (TPSA) is 81.4 Å². The van der Waals surface area contributed by atoms with Crippen LogP contribution in [0.1, 0.15) is 18.4 Å². The molecule has 114 valence electrons. The molecule has 5 nitrogen and oxygen atoms in total. The molecule has 1 aliphatic rings. The van der Waals surface area contributed by atoms with Crippen molar-refractivity contribution >= 4 is 27.3 Å². The molecule has 0 aromatic heterocycles. The van der Waals surface area contributed by atoms with Crippen molar-refractivity contribution in [2.24, 2.45) is 5.73 Å². The van der Waals surface area contributed by atoms with E-state index in [0.29, 0.717) is 42.3 Å². The van der Waals surface area contributed by atoms with E-state index in [4.69, 9.17) is 22.1 Å². The lowest BCUT2D eigenvalue weighted by atomic mass is 10.2. The summed E-state index contributed by atoms with van der Waals surface area (Å²) in [7, 11) is -3.47. The third-order valence-electron chi connectivity index (χ3n) is 3.17. The monoisotopic (exact) mass is 328 g/mol. The summed E-state index contributed by atoms with van der Waals surface area (Å²) >= 11 is 5.92. The molecule has 0 bridgehead atoms. The van der Waals surface area contributed by atoms with E-state index in [0.717, 1.165) is 0 Å². The van der Waals surface area contributed by atoms with Crippen LogP contribution in [0, 0.1) is 11.8 Å². The summed E-state index contributed by atoms with van der Waals surface area (Å²) in [5.74, 6) is 5.53. The summed E-state index contributed by atoms with van der Waals surface area (Å²) in [5.41, 5.74) is 6.29. The van der Waals surface area contributed by atoms with E-state index in [1.165, 1.54) is 0 Å². The highest BCUT2D eigenvalue weighted by Crippen LogP contribution is 2.24. The Hall–Kier alpha value is -1.26. The second-order valence-electron chi connectivity index (χ2n) is 4.65. The zero-order valence-corrected chi connectivity index (χ0v) is 13.0. The van der Waals surface area contributed by atoms with E-state index in [9.17, 15) is 8.42 Å². The van der Waals surface area contributed by atoms with Crippen molar-refractivity contribution in [2.45, 2.75) is 18.1 Å². The van der Waals surface area contributed by atoms with Crippen LogP contribution >= 0.6 is 11.6 Å². The minimum Gasteiger partial charge on any atom is -0.381 e. The molecule has 2 rings (SSSR count). The average Bonchev–Trinajstić information content (AvgIpc) is 2.48. The second kappa shape index (κ2) is 7.14. The van der Waals surface area contributed by atoms with Crippen molar-refractivity contribution in [1.82, 2.24) is 0 Å². The standard InChI is InChI=1S/C14H17ClN2O3S/c15-12-3-4-14(11(10-12)2-1-7-16)17-21(18,19)13-5-8-20-9-6-13/h3-4,10,13,17H,5-9,16H2. The maximum Gasteiger partial charge on any atom is 0.235 e. The van der Waals surface area contributed by atoms with Crippen LogP contribution in [0.15, 0.2) is 18.2 Å². The van der Waals surface area contributed by atoms with Gasteiger partial charge in [-0.15, -0.1) is 0 Å². The maximum atomic E-state index is 12.4. The van der Waals surface area contributed by atoms with Gasteiger partial charge in [0, 0.05) is 18.2 Å². The van der Waals surface area contributed by atoms with Gasteiger partial charge >= 0.3 is 0 Å². The van der Waals surface area contributed by atoms with E-state index in [2.05, 4.69) is 16.6 Å². The summed E-state index contributed by atoms with van der Waals surface area (Å²) in [6.07, 6.45) is 0.986. The molecule has 1 fully saturated rings. The summed E-state index contributed by atoms with van der Waals surface area (Å²) in [6.45, 7) is 1.12. The Morgan fingerprint density at radius 2 is 2.10 bits per heavy atom. The van der Waals surface area contributed by atoms with Gasteiger partial charge in [0.1, 0.15) is 0 Å². The first-order chi connectivity index (χ1) is 10.0. The van der Waals surface area contributed by atoms with Crippen molar-refractivity contribution in [1.29, 1.82) is 0 Å². The van der Waals surface area contributed by atoms with Crippen LogP contribution in [0.5, 0.6) is 0 Å². The highest BCUT2D eigenvalue weighted by molar-refractivity contribution is 7.93. The van der Waals surface area contributed by atoms with Gasteiger partial charge in [0.25, 0.3) is 0 Å². The quantitative estimate of drug-likeness (QED) is 0.825. The first-order valence-electron chi connectivity index (χ1n) is 6.61. The summed E-state index contributed by atoms with van der Waals surface area (Å²) in [5, 5.41) is 0.0441. The van der Waals surface area contributed by atoms with Gasteiger partial charge in [-0.1, -0.05) is 23.4 Å². The van der Waals surface area contributed by atoms with Crippen LogP contribution in [0.2, 0.25) is 5.02 Å². The molecule has 1 aromatic carbocycles. The molecular weight excluding hydrogens is 312 g/mol. The van der Waals surface area contributed by atoms with Gasteiger partial charge in [0.15, 0.2) is 0 Å². The predicted molar refractivity (Wildman–Crippen MR) is 83.8 cm³/mol.